The molecule has 0 saturated heterocycles. The summed E-state index contributed by atoms with van der Waals surface area (Å²) < 4.78 is 9.20. The number of H-pyrrole nitrogens is 1. The Morgan fingerprint density at radius 2 is 2.00 bits per heavy atom. The molecule has 2 N–H and O–H groups in total. The molecule has 2 rings (SSSR count). The van der Waals surface area contributed by atoms with Gasteiger partial charge in [-0.1, -0.05) is 12.1 Å². The maximum absolute atomic E-state index is 11.8. The quantitative estimate of drug-likeness (QED) is 0.456. The second-order valence-corrected chi connectivity index (χ2v) is 4.39. The molecule has 23 heavy (non-hydrogen) atoms. The van der Waals surface area contributed by atoms with Gasteiger partial charge in [-0.2, -0.15) is 4.98 Å². The highest BCUT2D eigenvalue weighted by atomic mass is 16.5. The summed E-state index contributed by atoms with van der Waals surface area (Å²) in [6.07, 6.45) is 1.94. The number of anilines is 1. The lowest BCUT2D eigenvalue weighted by molar-refractivity contribution is -0.139. The van der Waals surface area contributed by atoms with Crippen LogP contribution in [-0.2, 0) is 19.1 Å². The number of esters is 2. The van der Waals surface area contributed by atoms with Gasteiger partial charge in [-0.05, 0) is 12.1 Å². The zero-order valence-corrected chi connectivity index (χ0v) is 12.4. The van der Waals surface area contributed by atoms with Crippen LogP contribution in [0.15, 0.2) is 41.2 Å². The van der Waals surface area contributed by atoms with E-state index < -0.39 is 11.9 Å². The minimum Gasteiger partial charge on any atom is -0.466 e. The Balaban J connectivity index is 1.85. The minimum atomic E-state index is -0.669. The SMILES string of the molecule is COC(=O)/C=C/C(=O)OCCNc1nc(=O)c2ccccc2[nH]1. The van der Waals surface area contributed by atoms with Crippen LogP contribution < -0.4 is 10.9 Å². The highest BCUT2D eigenvalue weighted by Gasteiger charge is 2.03. The van der Waals surface area contributed by atoms with Crippen molar-refractivity contribution in [3.8, 4) is 0 Å². The van der Waals surface area contributed by atoms with Crippen molar-refractivity contribution in [2.45, 2.75) is 0 Å². The number of ether oxygens (including phenoxy) is 2. The Labute approximate surface area is 131 Å². The van der Waals surface area contributed by atoms with Gasteiger partial charge < -0.3 is 19.8 Å². The maximum atomic E-state index is 11.8. The number of para-hydroxylation sites is 1. The first-order valence-corrected chi connectivity index (χ1v) is 6.76. The van der Waals surface area contributed by atoms with Gasteiger partial charge in [0, 0.05) is 12.2 Å². The number of hydrogen-bond acceptors (Lipinski definition) is 7. The molecule has 0 saturated carbocycles. The molecule has 0 spiro atoms. The van der Waals surface area contributed by atoms with Crippen LogP contribution in [0.1, 0.15) is 0 Å². The third-order valence-corrected chi connectivity index (χ3v) is 2.82. The van der Waals surface area contributed by atoms with Gasteiger partial charge >= 0.3 is 11.9 Å². The topological polar surface area (TPSA) is 110 Å². The highest BCUT2D eigenvalue weighted by molar-refractivity contribution is 5.91. The summed E-state index contributed by atoms with van der Waals surface area (Å²) in [5.41, 5.74) is 0.313. The molecule has 0 bridgehead atoms. The van der Waals surface area contributed by atoms with Crippen LogP contribution in [-0.4, -0.2) is 42.2 Å². The minimum absolute atomic E-state index is 0.0425. The normalized spacial score (nSPS) is 10.7. The van der Waals surface area contributed by atoms with Crippen molar-refractivity contribution in [1.29, 1.82) is 0 Å². The lowest BCUT2D eigenvalue weighted by Gasteiger charge is -2.06. The number of nitrogens with zero attached hydrogens (tertiary/aromatic N) is 1. The molecular formula is C15H15N3O5. The molecule has 1 aromatic heterocycles. The van der Waals surface area contributed by atoms with Gasteiger partial charge in [0.25, 0.3) is 5.56 Å². The molecular weight excluding hydrogens is 302 g/mol. The van der Waals surface area contributed by atoms with Gasteiger partial charge in [0.15, 0.2) is 0 Å². The van der Waals surface area contributed by atoms with Crippen LogP contribution in [0.3, 0.4) is 0 Å². The van der Waals surface area contributed by atoms with Crippen molar-refractivity contribution in [3.05, 3.63) is 46.8 Å². The van der Waals surface area contributed by atoms with E-state index in [9.17, 15) is 14.4 Å². The number of nitrogens with one attached hydrogen (secondary N) is 2. The Hall–Kier alpha value is -3.16. The van der Waals surface area contributed by atoms with E-state index in [0.29, 0.717) is 10.9 Å². The standard InChI is InChI=1S/C15H15N3O5/c1-22-12(19)6-7-13(20)23-9-8-16-15-17-11-5-3-2-4-10(11)14(21)18-15/h2-7H,8-9H2,1H3,(H2,16,17,18,21)/b7-6+. The second-order valence-electron chi connectivity index (χ2n) is 4.39. The number of aromatic amines is 1. The molecule has 0 atom stereocenters. The summed E-state index contributed by atoms with van der Waals surface area (Å²) in [7, 11) is 1.21. The number of rotatable bonds is 6. The molecule has 0 fully saturated rings. The van der Waals surface area contributed by atoms with Gasteiger partial charge in [0.2, 0.25) is 5.95 Å². The van der Waals surface area contributed by atoms with Crippen molar-refractivity contribution in [2.24, 2.45) is 0 Å². The van der Waals surface area contributed by atoms with Crippen LogP contribution in [0.4, 0.5) is 5.95 Å². The zero-order valence-electron chi connectivity index (χ0n) is 12.4. The Morgan fingerprint density at radius 1 is 1.26 bits per heavy atom. The summed E-state index contributed by atoms with van der Waals surface area (Å²) in [6.45, 7) is 0.292. The van der Waals surface area contributed by atoms with Crippen LogP contribution in [0.5, 0.6) is 0 Å². The van der Waals surface area contributed by atoms with Crippen LogP contribution >= 0.6 is 0 Å². The molecule has 0 amide bonds. The van der Waals surface area contributed by atoms with Gasteiger partial charge in [-0.15, -0.1) is 0 Å². The van der Waals surface area contributed by atoms with E-state index in [-0.39, 0.29) is 24.7 Å². The summed E-state index contributed by atoms with van der Waals surface area (Å²) in [5.74, 6) is -1.02. The van der Waals surface area contributed by atoms with E-state index in [4.69, 9.17) is 4.74 Å². The maximum Gasteiger partial charge on any atom is 0.331 e. The van der Waals surface area contributed by atoms with E-state index in [1.54, 1.807) is 24.3 Å². The van der Waals surface area contributed by atoms with Crippen LogP contribution in [0, 0.1) is 0 Å². The molecule has 120 valence electrons. The smallest absolute Gasteiger partial charge is 0.331 e. The zero-order chi connectivity index (χ0) is 16.7. The number of carbonyl (C=O) groups is 2. The molecule has 0 radical (unpaired) electrons. The van der Waals surface area contributed by atoms with Crippen molar-refractivity contribution in [2.75, 3.05) is 25.6 Å². The molecule has 1 heterocycles. The lowest BCUT2D eigenvalue weighted by atomic mass is 10.2. The third-order valence-electron chi connectivity index (χ3n) is 2.82. The predicted octanol–water partition coefficient (Wildman–Crippen LogP) is 0.607. The number of aromatic nitrogens is 2. The summed E-state index contributed by atoms with van der Waals surface area (Å²) >= 11 is 0. The number of methoxy groups -OCH3 is 1. The number of benzene rings is 1. The number of carbonyl (C=O) groups excluding carboxylic acids is 2. The van der Waals surface area contributed by atoms with Crippen LogP contribution in [0.25, 0.3) is 10.9 Å². The van der Waals surface area contributed by atoms with Crippen LogP contribution in [0.2, 0.25) is 0 Å². The Kier molecular flexibility index (Phi) is 5.45. The molecule has 0 aliphatic heterocycles. The van der Waals surface area contributed by atoms with Crippen molar-refractivity contribution >= 4 is 28.8 Å². The molecule has 8 nitrogen and oxygen atoms in total. The van der Waals surface area contributed by atoms with Gasteiger partial charge in [-0.3, -0.25) is 4.79 Å². The average Bonchev–Trinajstić information content (AvgIpc) is 2.56. The van der Waals surface area contributed by atoms with Gasteiger partial charge in [-0.25, -0.2) is 9.59 Å². The van der Waals surface area contributed by atoms with E-state index in [2.05, 4.69) is 20.0 Å². The largest absolute Gasteiger partial charge is 0.466 e. The Morgan fingerprint density at radius 3 is 2.78 bits per heavy atom. The first-order valence-electron chi connectivity index (χ1n) is 6.76. The molecule has 0 unspecified atom stereocenters. The van der Waals surface area contributed by atoms with Crippen molar-refractivity contribution < 1.29 is 19.1 Å². The summed E-state index contributed by atoms with van der Waals surface area (Å²) in [6, 6.07) is 7.01. The lowest BCUT2D eigenvalue weighted by Crippen LogP contribution is -2.17. The number of hydrogen-bond donors (Lipinski definition) is 2. The van der Waals surface area contributed by atoms with E-state index in [1.807, 2.05) is 0 Å². The average molecular weight is 317 g/mol. The highest BCUT2D eigenvalue weighted by Crippen LogP contribution is 2.07. The first-order chi connectivity index (χ1) is 11.1. The fourth-order valence-electron chi connectivity index (χ4n) is 1.75. The van der Waals surface area contributed by atoms with Crippen molar-refractivity contribution in [3.63, 3.8) is 0 Å². The molecule has 0 aliphatic rings. The number of fused-ring (bicyclic) bond motifs is 1. The van der Waals surface area contributed by atoms with E-state index in [0.717, 1.165) is 12.2 Å². The molecule has 8 heteroatoms. The molecule has 0 aliphatic carbocycles. The van der Waals surface area contributed by atoms with Crippen molar-refractivity contribution in [1.82, 2.24) is 9.97 Å². The second kappa shape index (κ2) is 7.74. The third kappa shape index (κ3) is 4.67. The predicted molar refractivity (Wildman–Crippen MR) is 83.0 cm³/mol. The van der Waals surface area contributed by atoms with Gasteiger partial charge in [0.1, 0.15) is 6.61 Å². The Bertz CT molecular complexity index is 797. The van der Waals surface area contributed by atoms with E-state index >= 15 is 0 Å². The fourth-order valence-corrected chi connectivity index (χ4v) is 1.75. The first kappa shape index (κ1) is 16.2. The van der Waals surface area contributed by atoms with Gasteiger partial charge in [0.05, 0.1) is 24.6 Å². The molecule has 1 aromatic carbocycles. The molecule has 2 aromatic rings. The summed E-state index contributed by atoms with van der Waals surface area (Å²) in [5, 5.41) is 3.35. The monoisotopic (exact) mass is 317 g/mol. The fraction of sp³-hybridized carbons (Fsp3) is 0.200. The summed E-state index contributed by atoms with van der Waals surface area (Å²) in [4.78, 5) is 40.7. The van der Waals surface area contributed by atoms with E-state index in [1.165, 1.54) is 7.11 Å².